The summed E-state index contributed by atoms with van der Waals surface area (Å²) in [6.45, 7) is 22.4. The minimum Gasteiger partial charge on any atom is -1.00 e. The van der Waals surface area contributed by atoms with Gasteiger partial charge in [-0.05, 0) is 89.5 Å². The maximum atomic E-state index is 2.28. The van der Waals surface area contributed by atoms with E-state index in [-0.39, 0.29) is 136 Å². The second-order valence-corrected chi connectivity index (χ2v) is 6.68. The average Bonchev–Trinajstić information content (AvgIpc) is 2.71. The molecule has 0 amide bonds. The van der Waals surface area contributed by atoms with Gasteiger partial charge in [-0.1, -0.05) is 36.1 Å². The number of allylic oxidation sites excluding steroid dienone is 8. The molecule has 2 radical (unpaired) electrons. The molecule has 0 unspecified atom stereocenters. The van der Waals surface area contributed by atoms with Crippen molar-refractivity contribution < 1.29 is 136 Å². The monoisotopic (exact) mass is 1170 g/mol. The van der Waals surface area contributed by atoms with E-state index in [1.54, 1.807) is 22.3 Å². The van der Waals surface area contributed by atoms with Gasteiger partial charge in [0.05, 0.1) is 0 Å². The smallest absolute Gasteiger partial charge is 0 e. The van der Waals surface area contributed by atoms with Crippen molar-refractivity contribution in [3.8, 4) is 0 Å². The standard InChI is InChI=1S/2C10H16.4HI.2Ir/c2*1-6-7(2)9(4)10(5)8(6)3;;;;;;/h2*6H,1-5H3;4*1H;;/p-4. The molecule has 0 atom stereocenters. The van der Waals surface area contributed by atoms with Crippen LogP contribution in [0.1, 0.15) is 69.2 Å². The van der Waals surface area contributed by atoms with Gasteiger partial charge in [0.25, 0.3) is 0 Å². The molecule has 0 saturated carbocycles. The Balaban J connectivity index is -0.0000000625. The van der Waals surface area contributed by atoms with Crippen LogP contribution in [0, 0.1) is 11.8 Å². The summed E-state index contributed by atoms with van der Waals surface area (Å²) in [5.41, 5.74) is 12.2. The minimum absolute atomic E-state index is 0. The molecule has 0 N–H and O–H groups in total. The Labute approximate surface area is 257 Å². The molecule has 0 saturated heterocycles. The predicted octanol–water partition coefficient (Wildman–Crippen LogP) is -5.37. The Morgan fingerprint density at radius 2 is 0.500 bits per heavy atom. The average molecular weight is 1160 g/mol. The van der Waals surface area contributed by atoms with E-state index in [1.165, 1.54) is 22.3 Å². The number of hydrogen-bond acceptors (Lipinski definition) is 0. The van der Waals surface area contributed by atoms with E-state index in [0.717, 1.165) is 0 Å². The second-order valence-electron chi connectivity index (χ2n) is 6.68. The van der Waals surface area contributed by atoms with Gasteiger partial charge in [0.15, 0.2) is 0 Å². The summed E-state index contributed by atoms with van der Waals surface area (Å²) in [7, 11) is 0. The van der Waals surface area contributed by atoms with Crippen LogP contribution in [0.2, 0.25) is 0 Å². The van der Waals surface area contributed by atoms with Crippen LogP contribution in [0.4, 0.5) is 0 Å². The van der Waals surface area contributed by atoms with Gasteiger partial charge in [-0.15, -0.1) is 0 Å². The van der Waals surface area contributed by atoms with Crippen molar-refractivity contribution in [2.24, 2.45) is 11.8 Å². The van der Waals surface area contributed by atoms with Gasteiger partial charge >= 0.3 is 0 Å². The Hall–Kier alpha value is 3.18. The quantitative estimate of drug-likeness (QED) is 0.213. The van der Waals surface area contributed by atoms with Crippen LogP contribution in [0.25, 0.3) is 0 Å². The zero-order chi connectivity index (χ0) is 15.8. The summed E-state index contributed by atoms with van der Waals surface area (Å²) in [5.74, 6) is 1.39. The first-order chi connectivity index (χ1) is 9.11. The van der Waals surface area contributed by atoms with E-state index < -0.39 is 0 Å². The van der Waals surface area contributed by atoms with Gasteiger partial charge in [-0.3, -0.25) is 0 Å². The van der Waals surface area contributed by atoms with E-state index in [9.17, 15) is 0 Å². The fraction of sp³-hybridized carbons (Fsp3) is 0.600. The van der Waals surface area contributed by atoms with E-state index >= 15 is 0 Å². The summed E-state index contributed by atoms with van der Waals surface area (Å²) in [5, 5.41) is 0. The molecule has 0 heterocycles. The Bertz CT molecular complexity index is 460. The van der Waals surface area contributed by atoms with Crippen molar-refractivity contribution >= 4 is 0 Å². The maximum absolute atomic E-state index is 2.28. The molecule has 0 bridgehead atoms. The van der Waals surface area contributed by atoms with Gasteiger partial charge in [-0.2, -0.15) is 0 Å². The summed E-state index contributed by atoms with van der Waals surface area (Å²) < 4.78 is 0. The molecule has 2 rings (SSSR count). The first kappa shape index (κ1) is 43.1. The van der Waals surface area contributed by atoms with E-state index in [1.807, 2.05) is 0 Å². The van der Waals surface area contributed by atoms with Crippen molar-refractivity contribution in [1.29, 1.82) is 0 Å². The molecule has 0 fully saturated rings. The molecule has 2 aliphatic carbocycles. The van der Waals surface area contributed by atoms with Crippen molar-refractivity contribution in [2.75, 3.05) is 0 Å². The summed E-state index contributed by atoms with van der Waals surface area (Å²) >= 11 is 0. The molecule has 6 heteroatoms. The van der Waals surface area contributed by atoms with Crippen LogP contribution < -0.4 is 95.9 Å². The van der Waals surface area contributed by atoms with Crippen LogP contribution in [-0.4, -0.2) is 0 Å². The fourth-order valence-electron chi connectivity index (χ4n) is 3.13. The summed E-state index contributed by atoms with van der Waals surface area (Å²) in [6.07, 6.45) is 0. The van der Waals surface area contributed by atoms with Crippen LogP contribution >= 0.6 is 0 Å². The third kappa shape index (κ3) is 9.99. The molecule has 2 aliphatic rings. The molecule has 0 aromatic heterocycles. The van der Waals surface area contributed by atoms with Crippen molar-refractivity contribution in [1.82, 2.24) is 0 Å². The molecule has 0 aliphatic heterocycles. The van der Waals surface area contributed by atoms with Gasteiger partial charge < -0.3 is 95.9 Å². The Morgan fingerprint density at radius 3 is 0.538 bits per heavy atom. The van der Waals surface area contributed by atoms with Gasteiger partial charge in [0.1, 0.15) is 0 Å². The van der Waals surface area contributed by atoms with Crippen LogP contribution in [0.5, 0.6) is 0 Å². The third-order valence-corrected chi connectivity index (χ3v) is 6.09. The molecular formula is C20H32I4Ir2-4. The minimum atomic E-state index is 0. The first-order valence-electron chi connectivity index (χ1n) is 7.81. The topological polar surface area (TPSA) is 0 Å². The molecule has 0 aromatic rings. The predicted molar refractivity (Wildman–Crippen MR) is 91.8 cm³/mol. The number of rotatable bonds is 0. The normalized spacial score (nSPS) is 16.4. The molecule has 0 spiro atoms. The SMILES string of the molecule is CC1=C(C)C(C)C(C)=C1C.CC1=C(C)C(C)C(C)=C1C.[I-].[I-].[I-].[I-].[Ir].[Ir]. The molecule has 0 nitrogen and oxygen atoms in total. The summed E-state index contributed by atoms with van der Waals surface area (Å²) in [4.78, 5) is 0. The number of halogens is 4. The second kappa shape index (κ2) is 18.9. The van der Waals surface area contributed by atoms with E-state index in [2.05, 4.69) is 69.2 Å². The fourth-order valence-corrected chi connectivity index (χ4v) is 3.13. The first-order valence-corrected chi connectivity index (χ1v) is 7.81. The van der Waals surface area contributed by atoms with Crippen molar-refractivity contribution in [2.45, 2.75) is 69.2 Å². The van der Waals surface area contributed by atoms with Crippen LogP contribution in [0.15, 0.2) is 44.6 Å². The Morgan fingerprint density at radius 1 is 0.385 bits per heavy atom. The van der Waals surface area contributed by atoms with E-state index in [0.29, 0.717) is 11.8 Å². The zero-order valence-electron chi connectivity index (χ0n) is 17.3. The van der Waals surface area contributed by atoms with Crippen molar-refractivity contribution in [3.63, 3.8) is 0 Å². The molecule has 0 aromatic carbocycles. The Kier molecular flexibility index (Phi) is 31.4. The third-order valence-electron chi connectivity index (χ3n) is 6.09. The number of hydrogen-bond donors (Lipinski definition) is 0. The molecule has 26 heavy (non-hydrogen) atoms. The van der Waals surface area contributed by atoms with E-state index in [4.69, 9.17) is 0 Å². The van der Waals surface area contributed by atoms with Gasteiger partial charge in [0.2, 0.25) is 0 Å². The zero-order valence-corrected chi connectivity index (χ0v) is 30.8. The summed E-state index contributed by atoms with van der Waals surface area (Å²) in [6, 6.07) is 0. The maximum Gasteiger partial charge on any atom is 0 e. The van der Waals surface area contributed by atoms with Crippen LogP contribution in [-0.2, 0) is 40.2 Å². The van der Waals surface area contributed by atoms with Gasteiger partial charge in [-0.25, -0.2) is 0 Å². The van der Waals surface area contributed by atoms with Crippen molar-refractivity contribution in [3.05, 3.63) is 44.6 Å². The molecule has 162 valence electrons. The van der Waals surface area contributed by atoms with Gasteiger partial charge in [0, 0.05) is 40.2 Å². The van der Waals surface area contributed by atoms with Crippen LogP contribution in [0.3, 0.4) is 0 Å². The largest absolute Gasteiger partial charge is 1.00 e. The molecular weight excluding hydrogens is 1130 g/mol.